The smallest absolute Gasteiger partial charge is 0.336 e. The summed E-state index contributed by atoms with van der Waals surface area (Å²) in [6, 6.07) is 11.5. The quantitative estimate of drug-likeness (QED) is 0.440. The van der Waals surface area contributed by atoms with Crippen molar-refractivity contribution < 1.29 is 14.0 Å². The fourth-order valence-electron chi connectivity index (χ4n) is 4.99. The molecule has 2 aromatic carbocycles. The van der Waals surface area contributed by atoms with Crippen molar-refractivity contribution in [2.24, 2.45) is 5.92 Å². The minimum atomic E-state index is -0.584. The highest BCUT2D eigenvalue weighted by Crippen LogP contribution is 2.49. The number of aromatic amines is 1. The van der Waals surface area contributed by atoms with Gasteiger partial charge in [0, 0.05) is 46.3 Å². The molecule has 2 aromatic heterocycles. The topological polar surface area (TPSA) is 95.4 Å². The third-order valence-corrected chi connectivity index (χ3v) is 7.04. The zero-order chi connectivity index (χ0) is 22.9. The average Bonchev–Trinajstić information content (AvgIpc) is 3.20. The minimum Gasteiger partial charge on any atom is -0.423 e. The lowest BCUT2D eigenvalue weighted by Gasteiger charge is -2.27. The van der Waals surface area contributed by atoms with Gasteiger partial charge in [-0.2, -0.15) is 0 Å². The van der Waals surface area contributed by atoms with Crippen LogP contribution in [0.3, 0.4) is 0 Å². The number of piperidine rings is 1. The highest BCUT2D eigenvalue weighted by Gasteiger charge is 2.56. The number of rotatable bonds is 3. The number of fused-ring (bicyclic) bond motifs is 3. The van der Waals surface area contributed by atoms with E-state index in [4.69, 9.17) is 16.0 Å². The number of nitrogens with one attached hydrogen (secondary N) is 2. The van der Waals surface area contributed by atoms with E-state index < -0.39 is 11.7 Å². The summed E-state index contributed by atoms with van der Waals surface area (Å²) in [5.41, 5.74) is 2.55. The average molecular weight is 462 g/mol. The van der Waals surface area contributed by atoms with Crippen LogP contribution >= 0.6 is 11.6 Å². The number of benzene rings is 2. The number of H-pyrrole nitrogens is 1. The molecule has 1 saturated carbocycles. The van der Waals surface area contributed by atoms with Crippen LogP contribution in [0.15, 0.2) is 57.9 Å². The Kier molecular flexibility index (Phi) is 4.39. The zero-order valence-electron chi connectivity index (χ0n) is 17.7. The zero-order valence-corrected chi connectivity index (χ0v) is 18.5. The normalized spacial score (nSPS) is 21.4. The van der Waals surface area contributed by atoms with Gasteiger partial charge in [-0.1, -0.05) is 11.6 Å². The largest absolute Gasteiger partial charge is 0.423 e. The molecule has 3 heterocycles. The second kappa shape index (κ2) is 7.22. The standard InChI is InChI=1S/C25H20ClN3O4/c1-12-6-23(30)33-22-10-15(2-3-16(12)22)28-24(31)21-9-14-8-20(14)29(21)25(32)17-7-13-4-5-27-19(13)11-18(17)26/h2-7,10-11,14,20-21,27H,8-9H2,1H3,(H,28,31)/t14-,20+,21+/m1/s1. The van der Waals surface area contributed by atoms with Crippen LogP contribution in [-0.2, 0) is 4.79 Å². The van der Waals surface area contributed by atoms with Crippen LogP contribution in [0.5, 0.6) is 0 Å². The number of aromatic nitrogens is 1. The van der Waals surface area contributed by atoms with E-state index in [9.17, 15) is 14.4 Å². The van der Waals surface area contributed by atoms with Gasteiger partial charge in [0.25, 0.3) is 5.91 Å². The number of hydrogen-bond acceptors (Lipinski definition) is 4. The second-order valence-electron chi connectivity index (χ2n) is 8.87. The van der Waals surface area contributed by atoms with E-state index in [2.05, 4.69) is 10.3 Å². The van der Waals surface area contributed by atoms with Gasteiger partial charge in [-0.15, -0.1) is 0 Å². The van der Waals surface area contributed by atoms with Gasteiger partial charge in [0.15, 0.2) is 0 Å². The van der Waals surface area contributed by atoms with Crippen molar-refractivity contribution in [2.75, 3.05) is 5.32 Å². The fourth-order valence-corrected chi connectivity index (χ4v) is 5.23. The Morgan fingerprint density at radius 1 is 1.15 bits per heavy atom. The van der Waals surface area contributed by atoms with Crippen LogP contribution in [0.4, 0.5) is 5.69 Å². The number of nitrogens with zero attached hydrogens (tertiary/aromatic N) is 1. The summed E-state index contributed by atoms with van der Waals surface area (Å²) in [5.74, 6) is -0.158. The van der Waals surface area contributed by atoms with Gasteiger partial charge in [-0.3, -0.25) is 9.59 Å². The van der Waals surface area contributed by atoms with E-state index >= 15 is 0 Å². The van der Waals surface area contributed by atoms with Crippen LogP contribution in [0.25, 0.3) is 21.9 Å². The Balaban J connectivity index is 1.28. The van der Waals surface area contributed by atoms with Crippen LogP contribution in [0.1, 0.15) is 28.8 Å². The van der Waals surface area contributed by atoms with Crippen molar-refractivity contribution in [2.45, 2.75) is 31.8 Å². The number of aryl methyl sites for hydroxylation is 1. The van der Waals surface area contributed by atoms with Gasteiger partial charge in [-0.05, 0) is 61.6 Å². The fraction of sp³-hybridized carbons (Fsp3) is 0.240. The SMILES string of the molecule is Cc1cc(=O)oc2cc(NC(=O)[C@@H]3C[C@H]4C[C@@H]4N3C(=O)c3cc4cc[nH]c4cc3Cl)ccc12. The third-order valence-electron chi connectivity index (χ3n) is 6.73. The Bertz CT molecular complexity index is 1520. The van der Waals surface area contributed by atoms with Crippen molar-refractivity contribution in [3.8, 4) is 0 Å². The van der Waals surface area contributed by atoms with Gasteiger partial charge < -0.3 is 19.6 Å². The number of anilines is 1. The van der Waals surface area contributed by atoms with Crippen molar-refractivity contribution in [1.29, 1.82) is 0 Å². The molecule has 2 N–H and O–H groups in total. The summed E-state index contributed by atoms with van der Waals surface area (Å²) >= 11 is 6.43. The number of likely N-dealkylation sites (tertiary alicyclic amines) is 1. The van der Waals surface area contributed by atoms with E-state index in [1.165, 1.54) is 6.07 Å². The van der Waals surface area contributed by atoms with Gasteiger partial charge in [0.05, 0.1) is 10.6 Å². The molecule has 8 heteroatoms. The lowest BCUT2D eigenvalue weighted by atomic mass is 10.1. The van der Waals surface area contributed by atoms with Crippen molar-refractivity contribution in [3.05, 3.63) is 75.2 Å². The predicted octanol–water partition coefficient (Wildman–Crippen LogP) is 4.48. The van der Waals surface area contributed by atoms with E-state index in [1.807, 2.05) is 19.1 Å². The van der Waals surface area contributed by atoms with Gasteiger partial charge in [0.1, 0.15) is 11.6 Å². The van der Waals surface area contributed by atoms with Crippen molar-refractivity contribution in [3.63, 3.8) is 0 Å². The number of halogens is 1. The molecule has 166 valence electrons. The van der Waals surface area contributed by atoms with E-state index in [0.29, 0.717) is 34.2 Å². The summed E-state index contributed by atoms with van der Waals surface area (Å²) in [5, 5.41) is 4.96. The maximum atomic E-state index is 13.5. The number of amides is 2. The summed E-state index contributed by atoms with van der Waals surface area (Å²) in [6.07, 6.45) is 3.32. The number of carbonyl (C=O) groups excluding carboxylic acids is 2. The minimum absolute atomic E-state index is 0.0588. The Morgan fingerprint density at radius 3 is 2.85 bits per heavy atom. The summed E-state index contributed by atoms with van der Waals surface area (Å²) < 4.78 is 5.28. The second-order valence-corrected chi connectivity index (χ2v) is 9.28. The van der Waals surface area contributed by atoms with Crippen LogP contribution in [-0.4, -0.2) is 33.8 Å². The van der Waals surface area contributed by atoms with Gasteiger partial charge in [-0.25, -0.2) is 4.79 Å². The first kappa shape index (κ1) is 20.1. The Morgan fingerprint density at radius 2 is 2.00 bits per heavy atom. The van der Waals surface area contributed by atoms with Crippen molar-refractivity contribution >= 4 is 51.0 Å². The van der Waals surface area contributed by atoms with E-state index in [0.717, 1.165) is 28.3 Å². The molecule has 1 saturated heterocycles. The Hall–Kier alpha value is -3.58. The molecule has 1 aliphatic heterocycles. The first-order valence-corrected chi connectivity index (χ1v) is 11.2. The highest BCUT2D eigenvalue weighted by molar-refractivity contribution is 6.34. The molecule has 0 bridgehead atoms. The lowest BCUT2D eigenvalue weighted by molar-refractivity contribution is -0.120. The molecule has 2 aliphatic rings. The van der Waals surface area contributed by atoms with E-state index in [-0.39, 0.29) is 17.9 Å². The first-order valence-electron chi connectivity index (χ1n) is 10.8. The summed E-state index contributed by atoms with van der Waals surface area (Å²) in [4.78, 5) is 43.2. The molecule has 6 rings (SSSR count). The van der Waals surface area contributed by atoms with E-state index in [1.54, 1.807) is 35.4 Å². The molecule has 2 amide bonds. The molecule has 0 spiro atoms. The van der Waals surface area contributed by atoms with Gasteiger partial charge in [0.2, 0.25) is 5.91 Å². The number of hydrogen-bond donors (Lipinski definition) is 2. The van der Waals surface area contributed by atoms with Gasteiger partial charge >= 0.3 is 5.63 Å². The summed E-state index contributed by atoms with van der Waals surface area (Å²) in [6.45, 7) is 1.84. The molecule has 1 aliphatic carbocycles. The summed E-state index contributed by atoms with van der Waals surface area (Å²) in [7, 11) is 0. The molecule has 0 radical (unpaired) electrons. The molecular formula is C25H20ClN3O4. The highest BCUT2D eigenvalue weighted by atomic mass is 35.5. The lowest BCUT2D eigenvalue weighted by Crippen LogP contribution is -2.45. The molecule has 0 unspecified atom stereocenters. The van der Waals surface area contributed by atoms with Crippen LogP contribution in [0, 0.1) is 12.8 Å². The third kappa shape index (κ3) is 3.31. The molecule has 7 nitrogen and oxygen atoms in total. The molecule has 33 heavy (non-hydrogen) atoms. The first-order chi connectivity index (χ1) is 15.9. The molecule has 2 fully saturated rings. The van der Waals surface area contributed by atoms with Crippen LogP contribution < -0.4 is 10.9 Å². The molecular weight excluding hydrogens is 442 g/mol. The van der Waals surface area contributed by atoms with Crippen molar-refractivity contribution in [1.82, 2.24) is 9.88 Å². The Labute approximate surface area is 193 Å². The maximum Gasteiger partial charge on any atom is 0.336 e. The molecule has 4 aromatic rings. The molecule has 3 atom stereocenters. The van der Waals surface area contributed by atoms with Crippen LogP contribution in [0.2, 0.25) is 5.02 Å². The number of carbonyl (C=O) groups is 2. The predicted molar refractivity (Wildman–Crippen MR) is 126 cm³/mol. The maximum absolute atomic E-state index is 13.5. The monoisotopic (exact) mass is 461 g/mol.